The third kappa shape index (κ3) is 6.99. The molecule has 1 fully saturated rings. The van der Waals surface area contributed by atoms with Gasteiger partial charge in [0.15, 0.2) is 0 Å². The first-order valence-electron chi connectivity index (χ1n) is 11.4. The van der Waals surface area contributed by atoms with E-state index in [1.165, 1.54) is 0 Å². The van der Waals surface area contributed by atoms with Gasteiger partial charge in [0.05, 0.1) is 5.69 Å². The van der Waals surface area contributed by atoms with Gasteiger partial charge in [-0.05, 0) is 30.9 Å². The highest BCUT2D eigenvalue weighted by Crippen LogP contribution is 2.28. The Morgan fingerprint density at radius 2 is 1.75 bits per heavy atom. The van der Waals surface area contributed by atoms with Crippen LogP contribution in [-0.4, -0.2) is 67.8 Å². The van der Waals surface area contributed by atoms with Crippen LogP contribution in [0.3, 0.4) is 0 Å². The van der Waals surface area contributed by atoms with E-state index in [0.717, 1.165) is 55.7 Å². The summed E-state index contributed by atoms with van der Waals surface area (Å²) < 4.78 is 5.69. The van der Waals surface area contributed by atoms with Gasteiger partial charge in [-0.25, -0.2) is 9.59 Å². The van der Waals surface area contributed by atoms with Gasteiger partial charge in [0.1, 0.15) is 6.10 Å². The van der Waals surface area contributed by atoms with E-state index in [4.69, 9.17) is 4.74 Å². The molecule has 0 saturated carbocycles. The van der Waals surface area contributed by atoms with Crippen LogP contribution in [0.25, 0.3) is 11.1 Å². The van der Waals surface area contributed by atoms with E-state index < -0.39 is 6.09 Å². The average Bonchev–Trinajstić information content (AvgIpc) is 2.82. The molecule has 0 atom stereocenters. The second-order valence-corrected chi connectivity index (χ2v) is 8.14. The lowest BCUT2D eigenvalue weighted by Crippen LogP contribution is -2.44. The fourth-order valence-corrected chi connectivity index (χ4v) is 3.76. The van der Waals surface area contributed by atoms with Crippen LogP contribution >= 0.6 is 0 Å². The molecular weight excluding hydrogens is 404 g/mol. The summed E-state index contributed by atoms with van der Waals surface area (Å²) in [6.45, 7) is 5.93. The number of benzene rings is 2. The molecule has 0 aliphatic carbocycles. The third-order valence-corrected chi connectivity index (χ3v) is 5.68. The first kappa shape index (κ1) is 23.6. The first-order valence-corrected chi connectivity index (χ1v) is 11.4. The van der Waals surface area contributed by atoms with Crippen LogP contribution in [0.4, 0.5) is 15.3 Å². The van der Waals surface area contributed by atoms with Crippen molar-refractivity contribution in [1.82, 2.24) is 15.1 Å². The van der Waals surface area contributed by atoms with E-state index in [2.05, 4.69) is 15.5 Å². The minimum atomic E-state index is -0.417. The Morgan fingerprint density at radius 1 is 1.06 bits per heavy atom. The summed E-state index contributed by atoms with van der Waals surface area (Å²) in [7, 11) is 1.82. The molecule has 2 aromatic carbocycles. The van der Waals surface area contributed by atoms with E-state index in [1.54, 1.807) is 4.90 Å². The molecule has 32 heavy (non-hydrogen) atoms. The molecule has 3 amide bonds. The van der Waals surface area contributed by atoms with Gasteiger partial charge in [-0.1, -0.05) is 55.5 Å². The number of carbonyl (C=O) groups is 2. The Labute approximate surface area is 190 Å². The largest absolute Gasteiger partial charge is 0.446 e. The number of piperidine rings is 1. The number of nitrogens with one attached hydrogen (secondary N) is 2. The van der Waals surface area contributed by atoms with E-state index in [1.807, 2.05) is 68.6 Å². The third-order valence-electron chi connectivity index (χ3n) is 5.68. The predicted octanol–water partition coefficient (Wildman–Crippen LogP) is 4.42. The second-order valence-electron chi connectivity index (χ2n) is 8.14. The second kappa shape index (κ2) is 12.1. The molecule has 0 spiro atoms. The molecule has 2 N–H and O–H groups in total. The molecule has 0 aromatic heterocycles. The number of hydrogen-bond donors (Lipinski definition) is 2. The lowest BCUT2D eigenvalue weighted by molar-refractivity contribution is 0.0572. The predicted molar refractivity (Wildman–Crippen MR) is 128 cm³/mol. The van der Waals surface area contributed by atoms with E-state index in [9.17, 15) is 9.59 Å². The lowest BCUT2D eigenvalue weighted by atomic mass is 10.0. The fourth-order valence-electron chi connectivity index (χ4n) is 3.76. The zero-order valence-electron chi connectivity index (χ0n) is 19.0. The smallest absolute Gasteiger partial charge is 0.411 e. The van der Waals surface area contributed by atoms with Crippen LogP contribution in [-0.2, 0) is 4.74 Å². The van der Waals surface area contributed by atoms with Gasteiger partial charge in [0, 0.05) is 45.3 Å². The van der Waals surface area contributed by atoms with E-state index in [0.29, 0.717) is 13.1 Å². The molecule has 0 radical (unpaired) electrons. The Hall–Kier alpha value is -3.06. The molecule has 3 rings (SSSR count). The number of para-hydroxylation sites is 1. The number of likely N-dealkylation sites (N-methyl/N-ethyl adjacent to an activating group) is 1. The van der Waals surface area contributed by atoms with Crippen molar-refractivity contribution in [3.63, 3.8) is 0 Å². The van der Waals surface area contributed by atoms with Gasteiger partial charge in [0.25, 0.3) is 0 Å². The van der Waals surface area contributed by atoms with Crippen molar-refractivity contribution in [1.29, 1.82) is 0 Å². The van der Waals surface area contributed by atoms with Gasteiger partial charge < -0.3 is 19.9 Å². The first-order chi connectivity index (χ1) is 15.6. The number of hydrogen-bond acceptors (Lipinski definition) is 4. The summed E-state index contributed by atoms with van der Waals surface area (Å²) in [6.07, 6.45) is 2.00. The quantitative estimate of drug-likeness (QED) is 0.640. The van der Waals surface area contributed by atoms with Crippen molar-refractivity contribution < 1.29 is 14.3 Å². The number of likely N-dealkylation sites (tertiary alicyclic amines) is 1. The van der Waals surface area contributed by atoms with Crippen LogP contribution in [0.15, 0.2) is 54.6 Å². The highest BCUT2D eigenvalue weighted by Gasteiger charge is 2.23. The molecule has 1 saturated heterocycles. The number of urea groups is 1. The SMILES string of the molecule is CCCNC(=O)N(C)CCN1CCC(OC(=O)Nc2ccccc2-c2ccccc2)CC1. The monoisotopic (exact) mass is 438 g/mol. The Bertz CT molecular complexity index is 867. The molecule has 1 heterocycles. The van der Waals surface area contributed by atoms with Crippen LogP contribution in [0.2, 0.25) is 0 Å². The molecular formula is C25H34N4O3. The van der Waals surface area contributed by atoms with Crippen LogP contribution < -0.4 is 10.6 Å². The topological polar surface area (TPSA) is 73.9 Å². The van der Waals surface area contributed by atoms with Crippen LogP contribution in [0.1, 0.15) is 26.2 Å². The molecule has 1 aliphatic rings. The summed E-state index contributed by atoms with van der Waals surface area (Å²) in [5, 5.41) is 5.80. The summed E-state index contributed by atoms with van der Waals surface area (Å²) in [4.78, 5) is 28.5. The van der Waals surface area contributed by atoms with Crippen molar-refractivity contribution in [2.24, 2.45) is 0 Å². The number of ether oxygens (including phenoxy) is 1. The number of carbonyl (C=O) groups excluding carboxylic acids is 2. The minimum absolute atomic E-state index is 0.0301. The molecule has 2 aromatic rings. The maximum Gasteiger partial charge on any atom is 0.411 e. The van der Waals surface area contributed by atoms with Crippen molar-refractivity contribution in [2.45, 2.75) is 32.3 Å². The van der Waals surface area contributed by atoms with Crippen molar-refractivity contribution in [3.8, 4) is 11.1 Å². The molecule has 1 aliphatic heterocycles. The van der Waals surface area contributed by atoms with Crippen LogP contribution in [0, 0.1) is 0 Å². The standard InChI is InChI=1S/C25H34N4O3/c1-3-15-26-24(30)28(2)18-19-29-16-13-21(14-17-29)32-25(31)27-23-12-8-7-11-22(23)20-9-5-4-6-10-20/h4-12,21H,3,13-19H2,1-2H3,(H,26,30)(H,27,31). The van der Waals surface area contributed by atoms with Crippen molar-refractivity contribution in [2.75, 3.05) is 45.1 Å². The van der Waals surface area contributed by atoms with Gasteiger partial charge in [-0.3, -0.25) is 5.32 Å². The van der Waals surface area contributed by atoms with Crippen LogP contribution in [0.5, 0.6) is 0 Å². The molecule has 7 heteroatoms. The number of nitrogens with zero attached hydrogens (tertiary/aromatic N) is 2. The highest BCUT2D eigenvalue weighted by molar-refractivity contribution is 5.91. The summed E-state index contributed by atoms with van der Waals surface area (Å²) in [6, 6.07) is 17.7. The number of anilines is 1. The zero-order valence-corrected chi connectivity index (χ0v) is 19.0. The van der Waals surface area contributed by atoms with Gasteiger partial charge in [-0.15, -0.1) is 0 Å². The summed E-state index contributed by atoms with van der Waals surface area (Å²) in [5.74, 6) is 0. The summed E-state index contributed by atoms with van der Waals surface area (Å²) >= 11 is 0. The Morgan fingerprint density at radius 3 is 2.47 bits per heavy atom. The van der Waals surface area contributed by atoms with Gasteiger partial charge in [0.2, 0.25) is 0 Å². The summed E-state index contributed by atoms with van der Waals surface area (Å²) in [5.41, 5.74) is 2.75. The number of rotatable bonds is 8. The Kier molecular flexibility index (Phi) is 8.92. The zero-order chi connectivity index (χ0) is 22.8. The maximum atomic E-state index is 12.5. The molecule has 7 nitrogen and oxygen atoms in total. The Balaban J connectivity index is 1.42. The minimum Gasteiger partial charge on any atom is -0.446 e. The molecule has 0 bridgehead atoms. The highest BCUT2D eigenvalue weighted by atomic mass is 16.6. The van der Waals surface area contributed by atoms with E-state index in [-0.39, 0.29) is 12.1 Å². The van der Waals surface area contributed by atoms with Crippen molar-refractivity contribution in [3.05, 3.63) is 54.6 Å². The van der Waals surface area contributed by atoms with Crippen molar-refractivity contribution >= 4 is 17.8 Å². The normalized spacial score (nSPS) is 14.6. The lowest BCUT2D eigenvalue weighted by Gasteiger charge is -2.32. The van der Waals surface area contributed by atoms with E-state index >= 15 is 0 Å². The maximum absolute atomic E-state index is 12.5. The fraction of sp³-hybridized carbons (Fsp3) is 0.440. The van der Waals surface area contributed by atoms with Gasteiger partial charge in [-0.2, -0.15) is 0 Å². The molecule has 0 unspecified atom stereocenters. The number of amides is 3. The van der Waals surface area contributed by atoms with Gasteiger partial charge >= 0.3 is 12.1 Å². The average molecular weight is 439 g/mol. The molecule has 172 valence electrons.